The van der Waals surface area contributed by atoms with Crippen molar-refractivity contribution < 1.29 is 19.1 Å². The highest BCUT2D eigenvalue weighted by Crippen LogP contribution is 2.44. The molecule has 5 rings (SSSR count). The van der Waals surface area contributed by atoms with Gasteiger partial charge in [-0.15, -0.1) is 23.7 Å². The van der Waals surface area contributed by atoms with Crippen LogP contribution in [0.3, 0.4) is 0 Å². The number of halogens is 1. The van der Waals surface area contributed by atoms with Crippen LogP contribution in [0.4, 0.5) is 0 Å². The predicted molar refractivity (Wildman–Crippen MR) is 112 cm³/mol. The standard InChI is InChI=1S/C20H27N3O4S.ClH/c1-22-14-11-23(12-15(14)26-8-3-17(22)24)19(25)16-10-13-2-9-27-20(18(13)28-16)4-6-21-7-5-20;/h10,14-15,21H,2-9,11-12H2,1H3;1H/t14-,15-;/m0./s1. The minimum Gasteiger partial charge on any atom is -0.374 e. The minimum atomic E-state index is -0.214. The molecule has 4 aliphatic rings. The lowest BCUT2D eigenvalue weighted by atomic mass is 9.86. The maximum atomic E-state index is 13.3. The Bertz CT molecular complexity index is 795. The third-order valence-corrected chi connectivity index (χ3v) is 8.01. The molecule has 3 fully saturated rings. The van der Waals surface area contributed by atoms with E-state index in [1.165, 1.54) is 10.4 Å². The highest BCUT2D eigenvalue weighted by Gasteiger charge is 2.44. The Hall–Kier alpha value is -1.19. The molecule has 0 bridgehead atoms. The number of likely N-dealkylation sites (tertiary alicyclic amines) is 1. The average molecular weight is 442 g/mol. The van der Waals surface area contributed by atoms with Crippen LogP contribution in [0.1, 0.15) is 39.4 Å². The Kier molecular flexibility index (Phi) is 5.92. The van der Waals surface area contributed by atoms with E-state index >= 15 is 0 Å². The molecule has 3 saturated heterocycles. The summed E-state index contributed by atoms with van der Waals surface area (Å²) in [5.74, 6) is 0.152. The zero-order valence-corrected chi connectivity index (χ0v) is 18.3. The molecule has 5 heterocycles. The van der Waals surface area contributed by atoms with Crippen LogP contribution >= 0.6 is 23.7 Å². The van der Waals surface area contributed by atoms with E-state index in [4.69, 9.17) is 9.47 Å². The first-order valence-electron chi connectivity index (χ1n) is 10.2. The van der Waals surface area contributed by atoms with E-state index in [0.29, 0.717) is 26.1 Å². The molecule has 1 spiro atoms. The second kappa shape index (κ2) is 8.15. The molecule has 2 atom stereocenters. The molecular formula is C20H28ClN3O4S. The fourth-order valence-electron chi connectivity index (χ4n) is 5.00. The number of piperidine rings is 1. The summed E-state index contributed by atoms with van der Waals surface area (Å²) in [6.45, 7) is 4.16. The Balaban J connectivity index is 0.00000205. The summed E-state index contributed by atoms with van der Waals surface area (Å²) in [6.07, 6.45) is 3.13. The van der Waals surface area contributed by atoms with E-state index in [1.807, 2.05) is 11.9 Å². The van der Waals surface area contributed by atoms with Crippen molar-refractivity contribution in [1.82, 2.24) is 15.1 Å². The van der Waals surface area contributed by atoms with Crippen LogP contribution < -0.4 is 5.32 Å². The van der Waals surface area contributed by atoms with Gasteiger partial charge in [-0.3, -0.25) is 9.59 Å². The number of hydrogen-bond donors (Lipinski definition) is 1. The van der Waals surface area contributed by atoms with Gasteiger partial charge >= 0.3 is 0 Å². The Morgan fingerprint density at radius 2 is 2.03 bits per heavy atom. The molecule has 9 heteroatoms. The van der Waals surface area contributed by atoms with Crippen molar-refractivity contribution in [1.29, 1.82) is 0 Å². The number of carbonyl (C=O) groups excluding carboxylic acids is 2. The Labute approximate surface area is 181 Å². The van der Waals surface area contributed by atoms with E-state index in [2.05, 4.69) is 11.4 Å². The molecule has 0 aliphatic carbocycles. The van der Waals surface area contributed by atoms with Gasteiger partial charge in [0, 0.05) is 25.0 Å². The number of fused-ring (bicyclic) bond motifs is 3. The van der Waals surface area contributed by atoms with Gasteiger partial charge in [0.25, 0.3) is 5.91 Å². The van der Waals surface area contributed by atoms with Crippen molar-refractivity contribution in [3.8, 4) is 0 Å². The lowest BCUT2D eigenvalue weighted by molar-refractivity contribution is -0.131. The highest BCUT2D eigenvalue weighted by atomic mass is 35.5. The zero-order chi connectivity index (χ0) is 19.3. The third kappa shape index (κ3) is 3.59. The SMILES string of the molecule is CN1C(=O)CCO[C@H]2CN(C(=O)c3cc4c(s3)C3(CCNCC3)OCC4)C[C@@H]21.Cl. The molecule has 0 unspecified atom stereocenters. The van der Waals surface area contributed by atoms with Crippen molar-refractivity contribution in [2.24, 2.45) is 0 Å². The van der Waals surface area contributed by atoms with Crippen LogP contribution in [0.2, 0.25) is 0 Å². The molecular weight excluding hydrogens is 414 g/mol. The number of amides is 2. The number of rotatable bonds is 1. The second-order valence-corrected chi connectivity index (χ2v) is 9.30. The smallest absolute Gasteiger partial charge is 0.264 e. The molecule has 0 aromatic carbocycles. The van der Waals surface area contributed by atoms with Gasteiger partial charge in [-0.2, -0.15) is 0 Å². The fourth-order valence-corrected chi connectivity index (χ4v) is 6.38. The number of carbonyl (C=O) groups is 2. The lowest BCUT2D eigenvalue weighted by Gasteiger charge is -2.40. The van der Waals surface area contributed by atoms with Crippen molar-refractivity contribution in [3.63, 3.8) is 0 Å². The van der Waals surface area contributed by atoms with Crippen LogP contribution in [-0.2, 0) is 26.3 Å². The molecule has 7 nitrogen and oxygen atoms in total. The Morgan fingerprint density at radius 3 is 2.83 bits per heavy atom. The monoisotopic (exact) mass is 441 g/mol. The first-order valence-corrected chi connectivity index (χ1v) is 11.0. The van der Waals surface area contributed by atoms with Gasteiger partial charge in [-0.25, -0.2) is 0 Å². The third-order valence-electron chi connectivity index (χ3n) is 6.66. The average Bonchev–Trinajstić information content (AvgIpc) is 3.30. The summed E-state index contributed by atoms with van der Waals surface area (Å²) in [4.78, 5) is 31.1. The van der Waals surface area contributed by atoms with E-state index in [9.17, 15) is 9.59 Å². The summed E-state index contributed by atoms with van der Waals surface area (Å²) < 4.78 is 12.1. The van der Waals surface area contributed by atoms with Crippen molar-refractivity contribution >= 4 is 35.6 Å². The number of nitrogens with zero attached hydrogens (tertiary/aromatic N) is 2. The summed E-state index contributed by atoms with van der Waals surface area (Å²) >= 11 is 1.61. The first kappa shape index (κ1) is 21.1. The van der Waals surface area contributed by atoms with E-state index in [1.54, 1.807) is 16.2 Å². The van der Waals surface area contributed by atoms with Crippen molar-refractivity contribution in [2.75, 3.05) is 46.4 Å². The molecule has 0 saturated carbocycles. The number of nitrogens with one attached hydrogen (secondary N) is 1. The molecule has 29 heavy (non-hydrogen) atoms. The van der Waals surface area contributed by atoms with Crippen LogP contribution in [0.15, 0.2) is 6.07 Å². The van der Waals surface area contributed by atoms with Crippen molar-refractivity contribution in [3.05, 3.63) is 21.4 Å². The molecule has 160 valence electrons. The normalized spacial score (nSPS) is 28.5. The van der Waals surface area contributed by atoms with E-state index in [0.717, 1.165) is 43.8 Å². The largest absolute Gasteiger partial charge is 0.374 e. The topological polar surface area (TPSA) is 71.1 Å². The van der Waals surface area contributed by atoms with Gasteiger partial charge < -0.3 is 24.6 Å². The maximum absolute atomic E-state index is 13.3. The van der Waals surface area contributed by atoms with Gasteiger partial charge in [-0.05, 0) is 44.0 Å². The zero-order valence-electron chi connectivity index (χ0n) is 16.6. The molecule has 1 aromatic heterocycles. The fraction of sp³-hybridized carbons (Fsp3) is 0.700. The van der Waals surface area contributed by atoms with Crippen LogP contribution in [0.5, 0.6) is 0 Å². The summed E-state index contributed by atoms with van der Waals surface area (Å²) in [5, 5.41) is 3.41. The maximum Gasteiger partial charge on any atom is 0.264 e. The highest BCUT2D eigenvalue weighted by molar-refractivity contribution is 7.14. The minimum absolute atomic E-state index is 0. The molecule has 4 aliphatic heterocycles. The molecule has 1 N–H and O–H groups in total. The molecule has 1 aromatic rings. The van der Waals surface area contributed by atoms with Crippen molar-refractivity contribution in [2.45, 2.75) is 43.4 Å². The lowest BCUT2D eigenvalue weighted by Crippen LogP contribution is -2.44. The van der Waals surface area contributed by atoms with Crippen LogP contribution in [0, 0.1) is 0 Å². The molecule has 2 amide bonds. The summed E-state index contributed by atoms with van der Waals surface area (Å²) in [7, 11) is 1.82. The molecule has 0 radical (unpaired) electrons. The summed E-state index contributed by atoms with van der Waals surface area (Å²) in [6, 6.07) is 2.03. The quantitative estimate of drug-likeness (QED) is 0.713. The van der Waals surface area contributed by atoms with Gasteiger partial charge in [0.15, 0.2) is 0 Å². The second-order valence-electron chi connectivity index (χ2n) is 8.25. The van der Waals surface area contributed by atoms with Crippen LogP contribution in [0.25, 0.3) is 0 Å². The van der Waals surface area contributed by atoms with Gasteiger partial charge in [-0.1, -0.05) is 0 Å². The number of likely N-dealkylation sites (N-methyl/N-ethyl adjacent to an activating group) is 1. The first-order chi connectivity index (χ1) is 13.6. The number of hydrogen-bond acceptors (Lipinski definition) is 6. The van der Waals surface area contributed by atoms with E-state index < -0.39 is 0 Å². The van der Waals surface area contributed by atoms with E-state index in [-0.39, 0.29) is 42.0 Å². The van der Waals surface area contributed by atoms with Gasteiger partial charge in [0.1, 0.15) is 5.60 Å². The number of ether oxygens (including phenoxy) is 2. The number of thiophene rings is 1. The Morgan fingerprint density at radius 1 is 1.24 bits per heavy atom. The summed E-state index contributed by atoms with van der Waals surface area (Å²) in [5.41, 5.74) is 1.06. The van der Waals surface area contributed by atoms with Gasteiger partial charge in [0.05, 0.1) is 36.7 Å². The van der Waals surface area contributed by atoms with Crippen LogP contribution in [-0.4, -0.2) is 80.2 Å². The van der Waals surface area contributed by atoms with Gasteiger partial charge in [0.2, 0.25) is 5.91 Å². The predicted octanol–water partition coefficient (Wildman–Crippen LogP) is 1.39.